The van der Waals surface area contributed by atoms with Crippen LogP contribution in [0.15, 0.2) is 20.1 Å². The molecule has 1 aromatic heterocycles. The van der Waals surface area contributed by atoms with Gasteiger partial charge in [0.2, 0.25) is 15.9 Å². The first kappa shape index (κ1) is 15.9. The molecule has 0 aromatic carbocycles. The smallest absolute Gasteiger partial charge is 0.250 e. The molecule has 9 heteroatoms. The summed E-state index contributed by atoms with van der Waals surface area (Å²) in [5.74, 6) is -0.354. The Morgan fingerprint density at radius 2 is 2.10 bits per heavy atom. The Balaban J connectivity index is 1.91. The zero-order valence-corrected chi connectivity index (χ0v) is 13.9. The Bertz CT molecular complexity index is 579. The molecular weight excluding hydrogens is 366 g/mol. The maximum Gasteiger partial charge on any atom is 0.250 e. The van der Waals surface area contributed by atoms with Crippen molar-refractivity contribution in [3.8, 4) is 0 Å². The van der Waals surface area contributed by atoms with Crippen LogP contribution in [0.4, 0.5) is 0 Å². The summed E-state index contributed by atoms with van der Waals surface area (Å²) >= 11 is 4.44. The van der Waals surface area contributed by atoms with Crippen LogP contribution in [0, 0.1) is 0 Å². The number of nitrogens with one attached hydrogen (secondary N) is 1. The molecule has 0 saturated carbocycles. The third kappa shape index (κ3) is 4.26. The Kier molecular flexibility index (Phi) is 5.19. The van der Waals surface area contributed by atoms with E-state index in [1.165, 1.54) is 11.3 Å². The Labute approximate surface area is 130 Å². The summed E-state index contributed by atoms with van der Waals surface area (Å²) in [6.45, 7) is 1.58. The van der Waals surface area contributed by atoms with E-state index in [1.807, 2.05) is 4.90 Å². The van der Waals surface area contributed by atoms with E-state index >= 15 is 0 Å². The number of carbonyl (C=O) groups excluding carboxylic acids is 1. The summed E-state index contributed by atoms with van der Waals surface area (Å²) in [5, 5.41) is 0. The highest BCUT2D eigenvalue weighted by atomic mass is 79.9. The second kappa shape index (κ2) is 6.52. The molecule has 0 atom stereocenters. The first-order valence-electron chi connectivity index (χ1n) is 6.15. The maximum atomic E-state index is 12.2. The van der Waals surface area contributed by atoms with E-state index in [2.05, 4.69) is 20.7 Å². The monoisotopic (exact) mass is 381 g/mol. The van der Waals surface area contributed by atoms with Gasteiger partial charge in [-0.3, -0.25) is 9.69 Å². The zero-order chi connectivity index (χ0) is 14.8. The number of sulfonamides is 1. The number of hydrogen-bond donors (Lipinski definition) is 2. The van der Waals surface area contributed by atoms with E-state index in [4.69, 9.17) is 5.73 Å². The maximum absolute atomic E-state index is 12.2. The van der Waals surface area contributed by atoms with Gasteiger partial charge in [-0.05, 0) is 40.9 Å². The fourth-order valence-corrected chi connectivity index (χ4v) is 5.48. The van der Waals surface area contributed by atoms with E-state index in [9.17, 15) is 13.2 Å². The number of rotatable bonds is 5. The number of thiophene rings is 1. The molecule has 2 heterocycles. The first-order valence-corrected chi connectivity index (χ1v) is 9.24. The van der Waals surface area contributed by atoms with Crippen LogP contribution >= 0.6 is 27.3 Å². The van der Waals surface area contributed by atoms with Crippen molar-refractivity contribution in [3.05, 3.63) is 15.9 Å². The molecule has 0 spiro atoms. The van der Waals surface area contributed by atoms with Gasteiger partial charge >= 0.3 is 0 Å². The molecule has 2 rings (SSSR count). The summed E-state index contributed by atoms with van der Waals surface area (Å²) in [5.41, 5.74) is 5.14. The standard InChI is InChI=1S/C11H16BrN3O3S2/c12-9-1-2-11(19-9)20(17,18)14-8-3-5-15(6-4-8)7-10(13)16/h1-2,8,14H,3-7H2,(H2,13,16). The van der Waals surface area contributed by atoms with Crippen molar-refractivity contribution in [1.29, 1.82) is 0 Å². The van der Waals surface area contributed by atoms with E-state index < -0.39 is 10.0 Å². The fourth-order valence-electron chi connectivity index (χ4n) is 2.15. The Morgan fingerprint density at radius 3 is 2.60 bits per heavy atom. The van der Waals surface area contributed by atoms with Gasteiger partial charge in [0.1, 0.15) is 4.21 Å². The lowest BCUT2D eigenvalue weighted by Gasteiger charge is -2.31. The lowest BCUT2D eigenvalue weighted by atomic mass is 10.1. The molecule has 0 unspecified atom stereocenters. The summed E-state index contributed by atoms with van der Waals surface area (Å²) in [4.78, 5) is 12.8. The van der Waals surface area contributed by atoms with Gasteiger partial charge < -0.3 is 5.73 Å². The van der Waals surface area contributed by atoms with Crippen molar-refractivity contribution in [3.63, 3.8) is 0 Å². The number of carbonyl (C=O) groups is 1. The van der Waals surface area contributed by atoms with Crippen molar-refractivity contribution < 1.29 is 13.2 Å². The fraction of sp³-hybridized carbons (Fsp3) is 0.545. The number of piperidine rings is 1. The third-order valence-electron chi connectivity index (χ3n) is 3.10. The predicted octanol–water partition coefficient (Wildman–Crippen LogP) is 0.739. The SMILES string of the molecule is NC(=O)CN1CCC(NS(=O)(=O)c2ccc(Br)s2)CC1. The van der Waals surface area contributed by atoms with Gasteiger partial charge in [0, 0.05) is 19.1 Å². The Hall–Kier alpha value is -0.480. The zero-order valence-electron chi connectivity index (χ0n) is 10.7. The molecule has 0 aliphatic carbocycles. The lowest BCUT2D eigenvalue weighted by Crippen LogP contribution is -2.46. The van der Waals surface area contributed by atoms with E-state index in [-0.39, 0.29) is 18.5 Å². The van der Waals surface area contributed by atoms with Crippen LogP contribution in [0.5, 0.6) is 0 Å². The average molecular weight is 382 g/mol. The number of hydrogen-bond acceptors (Lipinski definition) is 5. The van der Waals surface area contributed by atoms with Crippen LogP contribution in [0.25, 0.3) is 0 Å². The second-order valence-corrected chi connectivity index (χ2v) is 9.10. The lowest BCUT2D eigenvalue weighted by molar-refractivity contribution is -0.119. The molecule has 1 aliphatic rings. The third-order valence-corrected chi connectivity index (χ3v) is 6.74. The highest BCUT2D eigenvalue weighted by Gasteiger charge is 2.25. The van der Waals surface area contributed by atoms with Crippen molar-refractivity contribution in [2.75, 3.05) is 19.6 Å². The normalized spacial score (nSPS) is 18.2. The summed E-state index contributed by atoms with van der Waals surface area (Å²) < 4.78 is 28.1. The molecule has 1 saturated heterocycles. The van der Waals surface area contributed by atoms with Gasteiger partial charge in [-0.2, -0.15) is 0 Å². The summed E-state index contributed by atoms with van der Waals surface area (Å²) in [6.07, 6.45) is 1.36. The minimum Gasteiger partial charge on any atom is -0.369 e. The van der Waals surface area contributed by atoms with Gasteiger partial charge in [0.15, 0.2) is 0 Å². The number of primary amides is 1. The van der Waals surface area contributed by atoms with Crippen LogP contribution in [-0.2, 0) is 14.8 Å². The predicted molar refractivity (Wildman–Crippen MR) is 81.0 cm³/mol. The van der Waals surface area contributed by atoms with Crippen molar-refractivity contribution >= 4 is 43.2 Å². The van der Waals surface area contributed by atoms with Crippen LogP contribution in [0.1, 0.15) is 12.8 Å². The molecule has 112 valence electrons. The van der Waals surface area contributed by atoms with Crippen LogP contribution in [-0.4, -0.2) is 44.9 Å². The molecular formula is C11H16BrN3O3S2. The number of likely N-dealkylation sites (tertiary alicyclic amines) is 1. The highest BCUT2D eigenvalue weighted by molar-refractivity contribution is 9.11. The second-order valence-electron chi connectivity index (χ2n) is 4.70. The molecule has 1 aliphatic heterocycles. The summed E-state index contributed by atoms with van der Waals surface area (Å²) in [6, 6.07) is 3.21. The number of nitrogens with two attached hydrogens (primary N) is 1. The van der Waals surface area contributed by atoms with Gasteiger partial charge in [0.05, 0.1) is 10.3 Å². The van der Waals surface area contributed by atoms with Crippen LogP contribution < -0.4 is 10.5 Å². The number of halogens is 1. The molecule has 1 fully saturated rings. The highest BCUT2D eigenvalue weighted by Crippen LogP contribution is 2.26. The van der Waals surface area contributed by atoms with Gasteiger partial charge in [-0.25, -0.2) is 13.1 Å². The van der Waals surface area contributed by atoms with E-state index in [1.54, 1.807) is 12.1 Å². The summed E-state index contributed by atoms with van der Waals surface area (Å²) in [7, 11) is -3.45. The van der Waals surface area contributed by atoms with Crippen LogP contribution in [0.2, 0.25) is 0 Å². The van der Waals surface area contributed by atoms with Crippen molar-refractivity contribution in [2.45, 2.75) is 23.1 Å². The molecule has 6 nitrogen and oxygen atoms in total. The molecule has 1 aromatic rings. The van der Waals surface area contributed by atoms with Gasteiger partial charge in [-0.1, -0.05) is 0 Å². The number of nitrogens with zero attached hydrogens (tertiary/aromatic N) is 1. The van der Waals surface area contributed by atoms with Crippen LogP contribution in [0.3, 0.4) is 0 Å². The molecule has 1 amide bonds. The quantitative estimate of drug-likeness (QED) is 0.786. The van der Waals surface area contributed by atoms with Crippen molar-refractivity contribution in [1.82, 2.24) is 9.62 Å². The van der Waals surface area contributed by atoms with E-state index in [0.717, 1.165) is 3.79 Å². The van der Waals surface area contributed by atoms with Gasteiger partial charge in [-0.15, -0.1) is 11.3 Å². The molecule has 20 heavy (non-hydrogen) atoms. The molecule has 0 bridgehead atoms. The number of amides is 1. The molecule has 0 radical (unpaired) electrons. The average Bonchev–Trinajstić information content (AvgIpc) is 2.78. The molecule has 3 N–H and O–H groups in total. The first-order chi connectivity index (χ1) is 9.37. The largest absolute Gasteiger partial charge is 0.369 e. The topological polar surface area (TPSA) is 92.5 Å². The Morgan fingerprint density at radius 1 is 1.45 bits per heavy atom. The van der Waals surface area contributed by atoms with Crippen molar-refractivity contribution in [2.24, 2.45) is 5.73 Å². The minimum absolute atomic E-state index is 0.0926. The van der Waals surface area contributed by atoms with Gasteiger partial charge in [0.25, 0.3) is 0 Å². The minimum atomic E-state index is -3.45. The van der Waals surface area contributed by atoms with E-state index in [0.29, 0.717) is 30.1 Å².